The maximum Gasteiger partial charge on any atom is 0.231 e. The number of nitrogens with one attached hydrogen (secondary N) is 2. The van der Waals surface area contributed by atoms with E-state index in [1.807, 2.05) is 11.0 Å². The molecule has 134 valence electrons. The van der Waals surface area contributed by atoms with Crippen LogP contribution in [0.1, 0.15) is 24.0 Å². The van der Waals surface area contributed by atoms with E-state index in [2.05, 4.69) is 15.6 Å². The number of hydrogen-bond donors (Lipinski definition) is 3. The van der Waals surface area contributed by atoms with Gasteiger partial charge >= 0.3 is 0 Å². The van der Waals surface area contributed by atoms with Gasteiger partial charge in [0.1, 0.15) is 5.82 Å². The highest BCUT2D eigenvalue weighted by Crippen LogP contribution is 2.11. The molecular formula is C17H23FN6O. The lowest BCUT2D eigenvalue weighted by atomic mass is 10.1. The first kappa shape index (κ1) is 18.7. The number of nitrogens with zero attached hydrogens (tertiary/aromatic N) is 3. The maximum atomic E-state index is 13.8. The molecule has 0 bridgehead atoms. The summed E-state index contributed by atoms with van der Waals surface area (Å²) in [4.78, 5) is 17.1. The molecule has 0 unspecified atom stereocenters. The SMILES string of the molecule is CN=C(NCc1cc(C#N)ccc1F)NC1CCN(CC(N)=O)CC1. The molecule has 2 rings (SSSR count). The molecular weight excluding hydrogens is 323 g/mol. The molecule has 8 heteroatoms. The molecule has 1 amide bonds. The number of benzene rings is 1. The van der Waals surface area contributed by atoms with Gasteiger partial charge in [-0.05, 0) is 31.0 Å². The Morgan fingerprint density at radius 2 is 2.20 bits per heavy atom. The third-order valence-electron chi connectivity index (χ3n) is 4.15. The van der Waals surface area contributed by atoms with Crippen molar-refractivity contribution in [2.75, 3.05) is 26.7 Å². The second-order valence-electron chi connectivity index (χ2n) is 6.00. The van der Waals surface area contributed by atoms with Crippen molar-refractivity contribution in [3.05, 3.63) is 35.1 Å². The Morgan fingerprint density at radius 3 is 2.80 bits per heavy atom. The van der Waals surface area contributed by atoms with Crippen LogP contribution in [0.4, 0.5) is 4.39 Å². The smallest absolute Gasteiger partial charge is 0.231 e. The van der Waals surface area contributed by atoms with Crippen LogP contribution < -0.4 is 16.4 Å². The van der Waals surface area contributed by atoms with Crippen LogP contribution in [-0.4, -0.2) is 49.5 Å². The van der Waals surface area contributed by atoms with E-state index >= 15 is 0 Å². The predicted molar refractivity (Wildman–Crippen MR) is 93.1 cm³/mol. The molecule has 1 aromatic rings. The summed E-state index contributed by atoms with van der Waals surface area (Å²) in [7, 11) is 1.65. The van der Waals surface area contributed by atoms with Gasteiger partial charge in [0.15, 0.2) is 5.96 Å². The van der Waals surface area contributed by atoms with Gasteiger partial charge in [-0.1, -0.05) is 0 Å². The fourth-order valence-electron chi connectivity index (χ4n) is 2.80. The zero-order valence-electron chi connectivity index (χ0n) is 14.3. The Morgan fingerprint density at radius 1 is 1.48 bits per heavy atom. The molecule has 1 aromatic carbocycles. The van der Waals surface area contributed by atoms with Crippen molar-refractivity contribution in [2.45, 2.75) is 25.4 Å². The van der Waals surface area contributed by atoms with Gasteiger partial charge in [0.25, 0.3) is 0 Å². The number of halogens is 1. The zero-order valence-corrected chi connectivity index (χ0v) is 14.3. The molecule has 0 atom stereocenters. The van der Waals surface area contributed by atoms with E-state index in [9.17, 15) is 9.18 Å². The highest BCUT2D eigenvalue weighted by atomic mass is 19.1. The summed E-state index contributed by atoms with van der Waals surface area (Å²) in [6, 6.07) is 6.50. The molecule has 0 spiro atoms. The molecule has 1 aliphatic rings. The minimum atomic E-state index is -0.360. The summed E-state index contributed by atoms with van der Waals surface area (Å²) in [5.74, 6) is -0.0951. The molecule has 0 aliphatic carbocycles. The lowest BCUT2D eigenvalue weighted by Crippen LogP contribution is -2.49. The van der Waals surface area contributed by atoms with Crippen molar-refractivity contribution >= 4 is 11.9 Å². The summed E-state index contributed by atoms with van der Waals surface area (Å²) >= 11 is 0. The van der Waals surface area contributed by atoms with Crippen molar-refractivity contribution < 1.29 is 9.18 Å². The lowest BCUT2D eigenvalue weighted by molar-refractivity contribution is -0.119. The van der Waals surface area contributed by atoms with Gasteiger partial charge in [-0.15, -0.1) is 0 Å². The molecule has 0 aromatic heterocycles. The molecule has 7 nitrogen and oxygen atoms in total. The van der Waals surface area contributed by atoms with Gasteiger partial charge in [0, 0.05) is 38.3 Å². The standard InChI is InChI=1S/C17H23FN6O/c1-21-17(22-10-13-8-12(9-19)2-3-15(13)18)23-14-4-6-24(7-5-14)11-16(20)25/h2-3,8,14H,4-7,10-11H2,1H3,(H2,20,25)(H2,21,22,23). The highest BCUT2D eigenvalue weighted by Gasteiger charge is 2.20. The fourth-order valence-corrected chi connectivity index (χ4v) is 2.80. The van der Waals surface area contributed by atoms with Gasteiger partial charge in [-0.3, -0.25) is 14.7 Å². The van der Waals surface area contributed by atoms with E-state index in [4.69, 9.17) is 11.0 Å². The Hall–Kier alpha value is -2.66. The third-order valence-corrected chi connectivity index (χ3v) is 4.15. The van der Waals surface area contributed by atoms with E-state index in [1.165, 1.54) is 18.2 Å². The predicted octanol–water partition coefficient (Wildman–Crippen LogP) is 0.312. The number of carbonyl (C=O) groups is 1. The normalized spacial score (nSPS) is 16.3. The second kappa shape index (κ2) is 8.99. The van der Waals surface area contributed by atoms with Crippen LogP contribution in [0.25, 0.3) is 0 Å². The van der Waals surface area contributed by atoms with Crippen LogP contribution in [0.2, 0.25) is 0 Å². The van der Waals surface area contributed by atoms with Crippen molar-refractivity contribution in [1.29, 1.82) is 5.26 Å². The average Bonchev–Trinajstić information content (AvgIpc) is 2.60. The number of carbonyl (C=O) groups excluding carboxylic acids is 1. The summed E-state index contributed by atoms with van der Waals surface area (Å²) in [6.07, 6.45) is 1.73. The number of nitriles is 1. The number of piperidine rings is 1. The van der Waals surface area contributed by atoms with Crippen LogP contribution >= 0.6 is 0 Å². The first-order valence-electron chi connectivity index (χ1n) is 8.18. The first-order valence-corrected chi connectivity index (χ1v) is 8.18. The molecule has 1 heterocycles. The second-order valence-corrected chi connectivity index (χ2v) is 6.00. The maximum absolute atomic E-state index is 13.8. The van der Waals surface area contributed by atoms with E-state index in [-0.39, 0.29) is 30.9 Å². The Balaban J connectivity index is 1.84. The molecule has 1 aliphatic heterocycles. The largest absolute Gasteiger partial charge is 0.369 e. The number of nitrogens with two attached hydrogens (primary N) is 1. The minimum absolute atomic E-state index is 0.227. The number of likely N-dealkylation sites (tertiary alicyclic amines) is 1. The monoisotopic (exact) mass is 346 g/mol. The highest BCUT2D eigenvalue weighted by molar-refractivity contribution is 5.80. The molecule has 25 heavy (non-hydrogen) atoms. The lowest BCUT2D eigenvalue weighted by Gasteiger charge is -2.32. The molecule has 4 N–H and O–H groups in total. The van der Waals surface area contributed by atoms with E-state index in [0.29, 0.717) is 17.1 Å². The number of primary amides is 1. The van der Waals surface area contributed by atoms with E-state index in [0.717, 1.165) is 25.9 Å². The minimum Gasteiger partial charge on any atom is -0.369 e. The number of hydrogen-bond acceptors (Lipinski definition) is 4. The molecule has 1 fully saturated rings. The fraction of sp³-hybridized carbons (Fsp3) is 0.471. The van der Waals surface area contributed by atoms with E-state index in [1.54, 1.807) is 7.05 Å². The van der Waals surface area contributed by atoms with Gasteiger partial charge < -0.3 is 16.4 Å². The van der Waals surface area contributed by atoms with Crippen LogP contribution in [0, 0.1) is 17.1 Å². The van der Waals surface area contributed by atoms with Crippen molar-refractivity contribution in [1.82, 2.24) is 15.5 Å². The summed E-state index contributed by atoms with van der Waals surface area (Å²) < 4.78 is 13.8. The van der Waals surface area contributed by atoms with Crippen molar-refractivity contribution in [2.24, 2.45) is 10.7 Å². The quantitative estimate of drug-likeness (QED) is 0.526. The molecule has 0 saturated carbocycles. The number of amides is 1. The third kappa shape index (κ3) is 5.72. The van der Waals surface area contributed by atoms with Gasteiger partial charge in [0.2, 0.25) is 5.91 Å². The molecule has 1 saturated heterocycles. The zero-order chi connectivity index (χ0) is 18.2. The summed E-state index contributed by atoms with van der Waals surface area (Å²) in [5.41, 5.74) is 6.05. The topological polar surface area (TPSA) is 107 Å². The Kier molecular flexibility index (Phi) is 6.71. The van der Waals surface area contributed by atoms with Crippen LogP contribution in [0.3, 0.4) is 0 Å². The summed E-state index contributed by atoms with van der Waals surface area (Å²) in [5, 5.41) is 15.3. The van der Waals surface area contributed by atoms with Gasteiger partial charge in [-0.2, -0.15) is 5.26 Å². The summed E-state index contributed by atoms with van der Waals surface area (Å²) in [6.45, 7) is 2.10. The number of rotatable bonds is 5. The Bertz CT molecular complexity index is 676. The van der Waals surface area contributed by atoms with Crippen molar-refractivity contribution in [3.8, 4) is 6.07 Å². The Labute approximate surface area is 146 Å². The van der Waals surface area contributed by atoms with Crippen LogP contribution in [-0.2, 0) is 11.3 Å². The van der Waals surface area contributed by atoms with E-state index < -0.39 is 0 Å². The van der Waals surface area contributed by atoms with Crippen molar-refractivity contribution in [3.63, 3.8) is 0 Å². The number of aliphatic imine (C=N–C) groups is 1. The van der Waals surface area contributed by atoms with Gasteiger partial charge in [-0.25, -0.2) is 4.39 Å². The van der Waals surface area contributed by atoms with Crippen LogP contribution in [0.15, 0.2) is 23.2 Å². The number of guanidine groups is 1. The van der Waals surface area contributed by atoms with Crippen LogP contribution in [0.5, 0.6) is 0 Å². The van der Waals surface area contributed by atoms with Gasteiger partial charge in [0.05, 0.1) is 18.2 Å². The molecule has 0 radical (unpaired) electrons. The first-order chi connectivity index (χ1) is 12.0. The average molecular weight is 346 g/mol.